The van der Waals surface area contributed by atoms with E-state index >= 15 is 0 Å². The zero-order chi connectivity index (χ0) is 15.9. The number of hydrogen-bond donors (Lipinski definition) is 2. The van der Waals surface area contributed by atoms with Crippen molar-refractivity contribution in [1.29, 1.82) is 0 Å². The maximum atomic E-state index is 11.9. The minimum Gasteiger partial charge on any atom is -0.495 e. The van der Waals surface area contributed by atoms with Crippen molar-refractivity contribution in [3.63, 3.8) is 0 Å². The van der Waals surface area contributed by atoms with Crippen molar-refractivity contribution in [1.82, 2.24) is 0 Å². The Balaban J connectivity index is 2.78. The molecule has 2 N–H and O–H groups in total. The molecule has 0 aliphatic heterocycles. The van der Waals surface area contributed by atoms with Crippen LogP contribution in [0.2, 0.25) is 0 Å². The fourth-order valence-corrected chi connectivity index (χ4v) is 1.74. The van der Waals surface area contributed by atoms with Gasteiger partial charge in [-0.2, -0.15) is 0 Å². The van der Waals surface area contributed by atoms with E-state index in [4.69, 9.17) is 9.47 Å². The zero-order valence-electron chi connectivity index (χ0n) is 13.6. The van der Waals surface area contributed by atoms with Gasteiger partial charge in [0.2, 0.25) is 0 Å². The van der Waals surface area contributed by atoms with E-state index in [0.717, 1.165) is 25.1 Å². The Bertz CT molecular complexity index is 467. The van der Waals surface area contributed by atoms with E-state index in [9.17, 15) is 4.79 Å². The Hall–Kier alpha value is -1.91. The quantitative estimate of drug-likeness (QED) is 0.770. The molecule has 1 aromatic carbocycles. The van der Waals surface area contributed by atoms with E-state index in [0.29, 0.717) is 11.4 Å². The maximum Gasteiger partial charge on any atom is 0.412 e. The molecule has 1 rings (SSSR count). The average molecular weight is 294 g/mol. The molecule has 0 aliphatic rings. The highest BCUT2D eigenvalue weighted by atomic mass is 16.6. The second kappa shape index (κ2) is 7.76. The Morgan fingerprint density at radius 3 is 2.57 bits per heavy atom. The number of anilines is 2. The van der Waals surface area contributed by atoms with Crippen molar-refractivity contribution < 1.29 is 14.3 Å². The van der Waals surface area contributed by atoms with Crippen molar-refractivity contribution in [3.05, 3.63) is 18.2 Å². The van der Waals surface area contributed by atoms with Crippen LogP contribution in [0.15, 0.2) is 18.2 Å². The van der Waals surface area contributed by atoms with Crippen LogP contribution < -0.4 is 15.4 Å². The van der Waals surface area contributed by atoms with Crippen LogP contribution in [0.1, 0.15) is 40.5 Å². The first kappa shape index (κ1) is 17.1. The molecule has 0 heterocycles. The highest BCUT2D eigenvalue weighted by Gasteiger charge is 2.17. The molecule has 1 aromatic rings. The number of benzene rings is 1. The van der Waals surface area contributed by atoms with Crippen LogP contribution in [-0.2, 0) is 4.74 Å². The monoisotopic (exact) mass is 294 g/mol. The van der Waals surface area contributed by atoms with Crippen molar-refractivity contribution in [3.8, 4) is 5.75 Å². The molecule has 0 spiro atoms. The molecule has 1 amide bonds. The van der Waals surface area contributed by atoms with E-state index in [-0.39, 0.29) is 0 Å². The molecule has 118 valence electrons. The standard InChI is InChI=1S/C16H26N2O3/c1-6-7-10-17-12-8-9-14(20-5)13(11-12)18-15(19)21-16(2,3)4/h8-9,11,17H,6-7,10H2,1-5H3,(H,18,19). The first-order valence-electron chi connectivity index (χ1n) is 7.27. The van der Waals surface area contributed by atoms with Gasteiger partial charge in [-0.25, -0.2) is 4.79 Å². The van der Waals surface area contributed by atoms with Crippen LogP contribution in [-0.4, -0.2) is 25.3 Å². The first-order chi connectivity index (χ1) is 9.85. The summed E-state index contributed by atoms with van der Waals surface area (Å²) in [7, 11) is 1.57. The van der Waals surface area contributed by atoms with Crippen LogP contribution in [0.4, 0.5) is 16.2 Å². The molecule has 21 heavy (non-hydrogen) atoms. The molecule has 0 unspecified atom stereocenters. The Morgan fingerprint density at radius 1 is 1.29 bits per heavy atom. The van der Waals surface area contributed by atoms with Crippen LogP contribution in [0.5, 0.6) is 5.75 Å². The number of ether oxygens (including phenoxy) is 2. The lowest BCUT2D eigenvalue weighted by molar-refractivity contribution is 0.0635. The third-order valence-electron chi connectivity index (χ3n) is 2.69. The minimum absolute atomic E-state index is 0.494. The van der Waals surface area contributed by atoms with Gasteiger partial charge in [-0.15, -0.1) is 0 Å². The molecule has 0 saturated heterocycles. The van der Waals surface area contributed by atoms with Gasteiger partial charge in [0.1, 0.15) is 11.4 Å². The predicted molar refractivity (Wildman–Crippen MR) is 86.2 cm³/mol. The molecular formula is C16H26N2O3. The van der Waals surface area contributed by atoms with Crippen LogP contribution in [0, 0.1) is 0 Å². The molecule has 0 radical (unpaired) electrons. The number of methoxy groups -OCH3 is 1. The van der Waals surface area contributed by atoms with Crippen molar-refractivity contribution in [2.75, 3.05) is 24.3 Å². The van der Waals surface area contributed by atoms with Crippen molar-refractivity contribution in [2.45, 2.75) is 46.1 Å². The summed E-state index contributed by atoms with van der Waals surface area (Å²) in [5, 5.41) is 6.03. The molecule has 0 aliphatic carbocycles. The van der Waals surface area contributed by atoms with Gasteiger partial charge in [0.25, 0.3) is 0 Å². The van der Waals surface area contributed by atoms with Gasteiger partial charge in [-0.3, -0.25) is 5.32 Å². The van der Waals surface area contributed by atoms with Crippen molar-refractivity contribution in [2.24, 2.45) is 0 Å². The highest BCUT2D eigenvalue weighted by molar-refractivity contribution is 5.88. The SMILES string of the molecule is CCCCNc1ccc(OC)c(NC(=O)OC(C)(C)C)c1. The van der Waals surface area contributed by atoms with E-state index in [1.54, 1.807) is 7.11 Å². The Morgan fingerprint density at radius 2 is 2.00 bits per heavy atom. The second-order valence-corrected chi connectivity index (χ2v) is 5.82. The second-order valence-electron chi connectivity index (χ2n) is 5.82. The van der Waals surface area contributed by atoms with Crippen LogP contribution >= 0.6 is 0 Å². The normalized spacial score (nSPS) is 10.9. The summed E-state index contributed by atoms with van der Waals surface area (Å²) in [6.45, 7) is 8.52. The summed E-state index contributed by atoms with van der Waals surface area (Å²) in [5.41, 5.74) is 0.998. The molecule has 0 atom stereocenters. The van der Waals surface area contributed by atoms with E-state index < -0.39 is 11.7 Å². The summed E-state index contributed by atoms with van der Waals surface area (Å²) in [5.74, 6) is 0.599. The predicted octanol–water partition coefficient (Wildman–Crippen LogP) is 4.25. The fourth-order valence-electron chi connectivity index (χ4n) is 1.74. The number of hydrogen-bond acceptors (Lipinski definition) is 4. The number of unbranched alkanes of at least 4 members (excludes halogenated alkanes) is 1. The van der Waals surface area contributed by atoms with Gasteiger partial charge in [-0.1, -0.05) is 13.3 Å². The lowest BCUT2D eigenvalue weighted by Gasteiger charge is -2.20. The number of carbonyl (C=O) groups is 1. The lowest BCUT2D eigenvalue weighted by atomic mass is 10.2. The summed E-state index contributed by atoms with van der Waals surface area (Å²) in [4.78, 5) is 11.9. The average Bonchev–Trinajstić information content (AvgIpc) is 2.37. The first-order valence-corrected chi connectivity index (χ1v) is 7.27. The third kappa shape index (κ3) is 6.38. The van der Waals surface area contributed by atoms with Gasteiger partial charge in [0.05, 0.1) is 12.8 Å². The zero-order valence-corrected chi connectivity index (χ0v) is 13.6. The van der Waals surface area contributed by atoms with E-state index in [1.165, 1.54) is 0 Å². The van der Waals surface area contributed by atoms with Gasteiger partial charge in [0.15, 0.2) is 0 Å². The Labute approximate surface area is 127 Å². The topological polar surface area (TPSA) is 59.6 Å². The molecular weight excluding hydrogens is 268 g/mol. The number of nitrogens with one attached hydrogen (secondary N) is 2. The molecule has 0 aromatic heterocycles. The van der Waals surface area contributed by atoms with Crippen molar-refractivity contribution >= 4 is 17.5 Å². The fraction of sp³-hybridized carbons (Fsp3) is 0.562. The summed E-state index contributed by atoms with van der Waals surface area (Å²) in [6.07, 6.45) is 1.74. The maximum absolute atomic E-state index is 11.9. The Kier molecular flexibility index (Phi) is 6.34. The third-order valence-corrected chi connectivity index (χ3v) is 2.69. The summed E-state index contributed by atoms with van der Waals surface area (Å²) >= 11 is 0. The molecule has 0 bridgehead atoms. The lowest BCUT2D eigenvalue weighted by Crippen LogP contribution is -2.27. The number of carbonyl (C=O) groups excluding carboxylic acids is 1. The summed E-state index contributed by atoms with van der Waals surface area (Å²) in [6, 6.07) is 5.59. The molecule has 5 nitrogen and oxygen atoms in total. The van der Waals surface area contributed by atoms with E-state index in [1.807, 2.05) is 39.0 Å². The highest BCUT2D eigenvalue weighted by Crippen LogP contribution is 2.28. The van der Waals surface area contributed by atoms with E-state index in [2.05, 4.69) is 17.6 Å². The minimum atomic E-state index is -0.533. The van der Waals surface area contributed by atoms with Gasteiger partial charge in [0, 0.05) is 12.2 Å². The smallest absolute Gasteiger partial charge is 0.412 e. The van der Waals surface area contributed by atoms with Gasteiger partial charge < -0.3 is 14.8 Å². The van der Waals surface area contributed by atoms with Crippen LogP contribution in [0.25, 0.3) is 0 Å². The molecule has 5 heteroatoms. The molecule has 0 fully saturated rings. The molecule has 0 saturated carbocycles. The summed E-state index contributed by atoms with van der Waals surface area (Å²) < 4.78 is 10.5. The largest absolute Gasteiger partial charge is 0.495 e. The van der Waals surface area contributed by atoms with Gasteiger partial charge in [-0.05, 0) is 45.4 Å². The number of rotatable bonds is 6. The number of amides is 1. The van der Waals surface area contributed by atoms with Gasteiger partial charge >= 0.3 is 6.09 Å². The van der Waals surface area contributed by atoms with Crippen LogP contribution in [0.3, 0.4) is 0 Å².